The molecule has 0 aromatic carbocycles. The van der Waals surface area contributed by atoms with Crippen molar-refractivity contribution in [1.29, 1.82) is 0 Å². The van der Waals surface area contributed by atoms with Gasteiger partial charge in [-0.25, -0.2) is 9.37 Å². The number of hydrogen-bond donors (Lipinski definition) is 1. The molecule has 2 N–H and O–H groups in total. The van der Waals surface area contributed by atoms with Crippen molar-refractivity contribution < 1.29 is 4.39 Å². The SMILES string of the molecule is CC(C)C(F)(CN)Cc1nc(C(C)(C)C)cs1. The smallest absolute Gasteiger partial charge is 0.131 e. The standard InChI is InChI=1S/C13H23FN2S/c1-9(2)13(14,8-15)6-11-16-10(7-17-11)12(3,4)5/h7,9H,6,8,15H2,1-5H3. The lowest BCUT2D eigenvalue weighted by Crippen LogP contribution is -2.40. The number of nitrogens with zero attached hydrogens (tertiary/aromatic N) is 1. The van der Waals surface area contributed by atoms with Crippen molar-refractivity contribution in [3.05, 3.63) is 16.1 Å². The van der Waals surface area contributed by atoms with Crippen LogP contribution in [0.4, 0.5) is 4.39 Å². The van der Waals surface area contributed by atoms with E-state index in [4.69, 9.17) is 5.73 Å². The van der Waals surface area contributed by atoms with E-state index in [9.17, 15) is 4.39 Å². The summed E-state index contributed by atoms with van der Waals surface area (Å²) in [7, 11) is 0. The van der Waals surface area contributed by atoms with E-state index in [0.717, 1.165) is 10.7 Å². The van der Waals surface area contributed by atoms with Crippen LogP contribution in [0.15, 0.2) is 5.38 Å². The Morgan fingerprint density at radius 2 is 2.00 bits per heavy atom. The molecule has 0 saturated carbocycles. The van der Waals surface area contributed by atoms with Gasteiger partial charge in [0.1, 0.15) is 5.67 Å². The Labute approximate surface area is 107 Å². The zero-order valence-corrected chi connectivity index (χ0v) is 12.2. The topological polar surface area (TPSA) is 38.9 Å². The van der Waals surface area contributed by atoms with Crippen LogP contribution in [0.5, 0.6) is 0 Å². The zero-order chi connectivity index (χ0) is 13.3. The van der Waals surface area contributed by atoms with Crippen LogP contribution in [0, 0.1) is 5.92 Å². The van der Waals surface area contributed by atoms with Gasteiger partial charge in [0.2, 0.25) is 0 Å². The van der Waals surface area contributed by atoms with Crippen LogP contribution in [0.3, 0.4) is 0 Å². The first-order valence-electron chi connectivity index (χ1n) is 6.03. The minimum atomic E-state index is -1.34. The van der Waals surface area contributed by atoms with E-state index in [0.29, 0.717) is 6.42 Å². The van der Waals surface area contributed by atoms with Gasteiger partial charge < -0.3 is 5.73 Å². The normalized spacial score (nSPS) is 16.2. The minimum absolute atomic E-state index is 0.0221. The summed E-state index contributed by atoms with van der Waals surface area (Å²) in [5.74, 6) is -0.0884. The van der Waals surface area contributed by atoms with Crippen molar-refractivity contribution in [1.82, 2.24) is 4.98 Å². The molecule has 0 aliphatic rings. The Kier molecular flexibility index (Phi) is 4.31. The van der Waals surface area contributed by atoms with Crippen molar-refractivity contribution in [2.45, 2.75) is 52.1 Å². The summed E-state index contributed by atoms with van der Waals surface area (Å²) in [5.41, 5.74) is 5.26. The molecule has 17 heavy (non-hydrogen) atoms. The Morgan fingerprint density at radius 1 is 1.41 bits per heavy atom. The van der Waals surface area contributed by atoms with Crippen molar-refractivity contribution >= 4 is 11.3 Å². The highest BCUT2D eigenvalue weighted by Gasteiger charge is 2.33. The molecule has 1 unspecified atom stereocenters. The van der Waals surface area contributed by atoms with Gasteiger partial charge in [0.05, 0.1) is 10.7 Å². The molecule has 0 amide bonds. The first kappa shape index (κ1) is 14.6. The fraction of sp³-hybridized carbons (Fsp3) is 0.769. The highest BCUT2D eigenvalue weighted by Crippen LogP contribution is 2.30. The van der Waals surface area contributed by atoms with E-state index < -0.39 is 5.67 Å². The van der Waals surface area contributed by atoms with E-state index in [1.807, 2.05) is 19.2 Å². The predicted molar refractivity (Wildman–Crippen MR) is 72.2 cm³/mol. The molecule has 1 aromatic rings. The number of alkyl halides is 1. The van der Waals surface area contributed by atoms with Gasteiger partial charge in [-0.2, -0.15) is 0 Å². The number of rotatable bonds is 4. The molecule has 4 heteroatoms. The Hall–Kier alpha value is -0.480. The highest BCUT2D eigenvalue weighted by molar-refractivity contribution is 7.09. The van der Waals surface area contributed by atoms with Crippen molar-refractivity contribution in [2.24, 2.45) is 11.7 Å². The molecule has 1 rings (SSSR count). The molecule has 0 aliphatic heterocycles. The lowest BCUT2D eigenvalue weighted by atomic mass is 9.89. The quantitative estimate of drug-likeness (QED) is 0.900. The van der Waals surface area contributed by atoms with Crippen LogP contribution in [-0.4, -0.2) is 17.2 Å². The van der Waals surface area contributed by atoms with Crippen LogP contribution < -0.4 is 5.73 Å². The number of nitrogens with two attached hydrogens (primary N) is 1. The van der Waals surface area contributed by atoms with E-state index in [2.05, 4.69) is 25.8 Å². The maximum atomic E-state index is 14.5. The summed E-state index contributed by atoms with van der Waals surface area (Å²) < 4.78 is 14.5. The first-order valence-corrected chi connectivity index (χ1v) is 6.91. The molecular formula is C13H23FN2S. The molecule has 0 bridgehead atoms. The van der Waals surface area contributed by atoms with E-state index in [1.54, 1.807) is 0 Å². The molecule has 98 valence electrons. The lowest BCUT2D eigenvalue weighted by Gasteiger charge is -2.26. The van der Waals surface area contributed by atoms with Crippen molar-refractivity contribution in [2.75, 3.05) is 6.54 Å². The Morgan fingerprint density at radius 3 is 2.35 bits per heavy atom. The fourth-order valence-electron chi connectivity index (χ4n) is 1.50. The summed E-state index contributed by atoms with van der Waals surface area (Å²) in [6, 6.07) is 0. The van der Waals surface area contributed by atoms with Gasteiger partial charge in [-0.1, -0.05) is 34.6 Å². The van der Waals surface area contributed by atoms with Gasteiger partial charge in [-0.3, -0.25) is 0 Å². The summed E-state index contributed by atoms with van der Waals surface area (Å²) in [6.45, 7) is 10.1. The first-order chi connectivity index (χ1) is 7.69. The van der Waals surface area contributed by atoms with Crippen LogP contribution >= 0.6 is 11.3 Å². The third kappa shape index (κ3) is 3.49. The van der Waals surface area contributed by atoms with Gasteiger partial charge in [0.25, 0.3) is 0 Å². The van der Waals surface area contributed by atoms with Crippen LogP contribution in [-0.2, 0) is 11.8 Å². The number of aromatic nitrogens is 1. The number of hydrogen-bond acceptors (Lipinski definition) is 3. The van der Waals surface area contributed by atoms with Crippen molar-refractivity contribution in [3.8, 4) is 0 Å². The average Bonchev–Trinajstić information content (AvgIpc) is 2.65. The maximum absolute atomic E-state index is 14.5. The molecule has 0 radical (unpaired) electrons. The summed E-state index contributed by atoms with van der Waals surface area (Å²) in [6.07, 6.45) is 0.321. The lowest BCUT2D eigenvalue weighted by molar-refractivity contribution is 0.110. The average molecular weight is 258 g/mol. The van der Waals surface area contributed by atoms with Gasteiger partial charge in [-0.05, 0) is 5.92 Å². The van der Waals surface area contributed by atoms with Gasteiger partial charge in [-0.15, -0.1) is 11.3 Å². The minimum Gasteiger partial charge on any atom is -0.328 e. The molecule has 1 atom stereocenters. The van der Waals surface area contributed by atoms with E-state index in [-0.39, 0.29) is 17.9 Å². The Bertz CT molecular complexity index is 368. The molecule has 1 aromatic heterocycles. The molecule has 0 aliphatic carbocycles. The zero-order valence-electron chi connectivity index (χ0n) is 11.4. The third-order valence-electron chi connectivity index (χ3n) is 3.14. The van der Waals surface area contributed by atoms with Gasteiger partial charge >= 0.3 is 0 Å². The summed E-state index contributed by atoms with van der Waals surface area (Å²) in [5, 5.41) is 2.86. The molecule has 0 saturated heterocycles. The van der Waals surface area contributed by atoms with Crippen LogP contribution in [0.25, 0.3) is 0 Å². The Balaban J connectivity index is 2.86. The predicted octanol–water partition coefficient (Wildman–Crippen LogP) is 3.31. The van der Waals surface area contributed by atoms with Gasteiger partial charge in [0, 0.05) is 23.8 Å². The van der Waals surface area contributed by atoms with Crippen LogP contribution in [0.2, 0.25) is 0 Å². The number of thiazole rings is 1. The maximum Gasteiger partial charge on any atom is 0.131 e. The number of halogens is 1. The second-order valence-corrected chi connectivity index (χ2v) is 6.89. The molecule has 0 spiro atoms. The van der Waals surface area contributed by atoms with Crippen molar-refractivity contribution in [3.63, 3.8) is 0 Å². The van der Waals surface area contributed by atoms with Crippen LogP contribution in [0.1, 0.15) is 45.3 Å². The molecule has 0 fully saturated rings. The molecule has 2 nitrogen and oxygen atoms in total. The van der Waals surface area contributed by atoms with Gasteiger partial charge in [0.15, 0.2) is 0 Å². The second kappa shape index (κ2) is 5.02. The summed E-state index contributed by atoms with van der Waals surface area (Å²) in [4.78, 5) is 4.52. The molecule has 1 heterocycles. The van der Waals surface area contributed by atoms with E-state index in [1.165, 1.54) is 11.3 Å². The monoisotopic (exact) mass is 258 g/mol. The van der Waals surface area contributed by atoms with E-state index >= 15 is 0 Å². The third-order valence-corrected chi connectivity index (χ3v) is 3.99. The summed E-state index contributed by atoms with van der Waals surface area (Å²) >= 11 is 1.53. The molecular weight excluding hydrogens is 235 g/mol. The second-order valence-electron chi connectivity index (χ2n) is 5.95. The fourth-order valence-corrected chi connectivity index (χ4v) is 2.63. The highest BCUT2D eigenvalue weighted by atomic mass is 32.1. The largest absolute Gasteiger partial charge is 0.328 e.